The van der Waals surface area contributed by atoms with Crippen molar-refractivity contribution >= 4 is 17.5 Å². The first-order valence-corrected chi connectivity index (χ1v) is 11.3. The Kier molecular flexibility index (Phi) is 7.24. The third-order valence-electron chi connectivity index (χ3n) is 6.81. The summed E-state index contributed by atoms with van der Waals surface area (Å²) in [5.41, 5.74) is 2.06. The molecule has 1 N–H and O–H groups in total. The molecule has 2 aliphatic rings. The molecule has 0 spiro atoms. The molecule has 3 rings (SSSR count). The van der Waals surface area contributed by atoms with Crippen LogP contribution >= 0.6 is 11.6 Å². The second-order valence-corrected chi connectivity index (χ2v) is 10.0. The van der Waals surface area contributed by atoms with Crippen molar-refractivity contribution in [2.75, 3.05) is 26.2 Å². The van der Waals surface area contributed by atoms with Crippen molar-refractivity contribution in [3.63, 3.8) is 0 Å². The highest BCUT2D eigenvalue weighted by Gasteiger charge is 2.35. The molecule has 6 heteroatoms. The van der Waals surface area contributed by atoms with Crippen LogP contribution in [0.3, 0.4) is 0 Å². The van der Waals surface area contributed by atoms with Gasteiger partial charge in [0.05, 0.1) is 6.54 Å². The fourth-order valence-corrected chi connectivity index (χ4v) is 5.10. The van der Waals surface area contributed by atoms with Gasteiger partial charge in [0.15, 0.2) is 0 Å². The van der Waals surface area contributed by atoms with Crippen molar-refractivity contribution in [2.24, 2.45) is 5.41 Å². The average Bonchev–Trinajstić information content (AvgIpc) is 2.66. The van der Waals surface area contributed by atoms with E-state index in [-0.39, 0.29) is 22.5 Å². The third-order valence-corrected chi connectivity index (χ3v) is 7.02. The maximum absolute atomic E-state index is 15.2. The molecule has 3 nitrogen and oxygen atoms in total. The first-order chi connectivity index (χ1) is 14.1. The second kappa shape index (κ2) is 9.35. The Morgan fingerprint density at radius 3 is 2.53 bits per heavy atom. The predicted molar refractivity (Wildman–Crippen MR) is 118 cm³/mol. The molecule has 1 aliphatic carbocycles. The molecule has 1 amide bonds. The molecule has 0 aromatic heterocycles. The van der Waals surface area contributed by atoms with E-state index in [1.807, 2.05) is 0 Å². The lowest BCUT2D eigenvalue weighted by Crippen LogP contribution is -2.48. The van der Waals surface area contributed by atoms with E-state index in [9.17, 15) is 9.18 Å². The number of amides is 1. The lowest BCUT2D eigenvalue weighted by Gasteiger charge is -2.39. The van der Waals surface area contributed by atoms with Crippen molar-refractivity contribution in [1.29, 1.82) is 0 Å². The molecular weight excluding hydrogens is 406 g/mol. The fourth-order valence-electron chi connectivity index (χ4n) is 4.88. The molecule has 0 atom stereocenters. The molecule has 0 bridgehead atoms. The molecule has 0 unspecified atom stereocenters. The van der Waals surface area contributed by atoms with Crippen LogP contribution in [-0.4, -0.2) is 42.7 Å². The summed E-state index contributed by atoms with van der Waals surface area (Å²) >= 11 is 5.80. The van der Waals surface area contributed by atoms with Crippen LogP contribution in [0.5, 0.6) is 0 Å². The van der Waals surface area contributed by atoms with Crippen molar-refractivity contribution in [2.45, 2.75) is 65.0 Å². The lowest BCUT2D eigenvalue weighted by molar-refractivity contribution is 0.0543. The van der Waals surface area contributed by atoms with Gasteiger partial charge in [-0.1, -0.05) is 36.6 Å². The van der Waals surface area contributed by atoms with Crippen LogP contribution in [0.15, 0.2) is 29.3 Å². The van der Waals surface area contributed by atoms with Crippen molar-refractivity contribution in [3.8, 4) is 0 Å². The molecule has 0 saturated carbocycles. The van der Waals surface area contributed by atoms with Gasteiger partial charge >= 0.3 is 0 Å². The summed E-state index contributed by atoms with van der Waals surface area (Å²) < 4.78 is 28.6. The van der Waals surface area contributed by atoms with E-state index >= 15 is 4.39 Å². The minimum Gasteiger partial charge on any atom is -0.349 e. The first-order valence-electron chi connectivity index (χ1n) is 10.9. The summed E-state index contributed by atoms with van der Waals surface area (Å²) in [5, 5.41) is 2.76. The number of halogens is 3. The maximum atomic E-state index is 15.2. The Morgan fingerprint density at radius 1 is 1.20 bits per heavy atom. The summed E-state index contributed by atoms with van der Waals surface area (Å²) in [5.74, 6) is -1.08. The van der Waals surface area contributed by atoms with Gasteiger partial charge in [0.2, 0.25) is 0 Å². The van der Waals surface area contributed by atoms with E-state index in [4.69, 9.17) is 11.6 Å². The number of alkyl halides is 1. The van der Waals surface area contributed by atoms with Gasteiger partial charge in [-0.25, -0.2) is 8.78 Å². The number of benzene rings is 1. The fraction of sp³-hybridized carbons (Fsp3) is 0.625. The Hall–Kier alpha value is -1.46. The second-order valence-electron chi connectivity index (χ2n) is 9.58. The molecule has 1 fully saturated rings. The molecule has 1 heterocycles. The quantitative estimate of drug-likeness (QED) is 0.558. The Bertz CT molecular complexity index is 793. The molecule has 1 saturated heterocycles. The third kappa shape index (κ3) is 5.82. The van der Waals surface area contributed by atoms with Crippen molar-refractivity contribution in [1.82, 2.24) is 10.2 Å². The molecule has 1 aliphatic heterocycles. The number of likely N-dealkylation sites (tertiary alicyclic amines) is 1. The van der Waals surface area contributed by atoms with Crippen molar-refractivity contribution in [3.05, 3.63) is 45.7 Å². The highest BCUT2D eigenvalue weighted by Crippen LogP contribution is 2.42. The predicted octanol–water partition coefficient (Wildman–Crippen LogP) is 5.93. The van der Waals surface area contributed by atoms with Crippen LogP contribution < -0.4 is 5.32 Å². The Balaban J connectivity index is 1.48. The number of piperidine rings is 1. The summed E-state index contributed by atoms with van der Waals surface area (Å²) in [6, 6.07) is 3.63. The van der Waals surface area contributed by atoms with E-state index in [0.717, 1.165) is 25.1 Å². The van der Waals surface area contributed by atoms with Gasteiger partial charge in [-0.05, 0) is 69.1 Å². The topological polar surface area (TPSA) is 32.3 Å². The zero-order valence-corrected chi connectivity index (χ0v) is 19.0. The molecule has 0 radical (unpaired) electrons. The minimum atomic E-state index is -1.43. The molecule has 1 aromatic rings. The van der Waals surface area contributed by atoms with Gasteiger partial charge in [0.25, 0.3) is 5.91 Å². The van der Waals surface area contributed by atoms with E-state index in [1.54, 1.807) is 5.57 Å². The van der Waals surface area contributed by atoms with Gasteiger partial charge in [0.1, 0.15) is 11.5 Å². The summed E-state index contributed by atoms with van der Waals surface area (Å²) in [4.78, 5) is 14.6. The monoisotopic (exact) mass is 438 g/mol. The highest BCUT2D eigenvalue weighted by molar-refractivity contribution is 6.31. The lowest BCUT2D eigenvalue weighted by atomic mass is 9.71. The van der Waals surface area contributed by atoms with Gasteiger partial charge < -0.3 is 10.2 Å². The maximum Gasteiger partial charge on any atom is 0.251 e. The number of carbonyl (C=O) groups excluding carboxylic acids is 1. The molecule has 30 heavy (non-hydrogen) atoms. The zero-order valence-electron chi connectivity index (χ0n) is 18.3. The Labute approximate surface area is 183 Å². The summed E-state index contributed by atoms with van der Waals surface area (Å²) in [6.07, 6.45) is 5.53. The van der Waals surface area contributed by atoms with Gasteiger partial charge in [-0.3, -0.25) is 4.79 Å². The molecular formula is C24H33ClF2N2O. The van der Waals surface area contributed by atoms with Crippen LogP contribution in [0.25, 0.3) is 0 Å². The van der Waals surface area contributed by atoms with E-state index in [1.165, 1.54) is 30.9 Å². The number of carbonyl (C=O) groups is 1. The van der Waals surface area contributed by atoms with Crippen LogP contribution in [0.1, 0.15) is 69.7 Å². The zero-order chi connectivity index (χ0) is 21.9. The highest BCUT2D eigenvalue weighted by atomic mass is 35.5. The van der Waals surface area contributed by atoms with Crippen LogP contribution in [0.4, 0.5) is 8.78 Å². The van der Waals surface area contributed by atoms with Crippen LogP contribution in [0.2, 0.25) is 5.02 Å². The summed E-state index contributed by atoms with van der Waals surface area (Å²) in [6.45, 7) is 9.19. The first kappa shape index (κ1) is 23.2. The number of nitrogens with one attached hydrogen (secondary N) is 1. The van der Waals surface area contributed by atoms with Crippen LogP contribution in [0, 0.1) is 11.2 Å². The smallest absolute Gasteiger partial charge is 0.251 e. The number of nitrogens with zero attached hydrogens (tertiary/aromatic N) is 1. The van der Waals surface area contributed by atoms with E-state index in [0.29, 0.717) is 25.9 Å². The molecule has 1 aromatic carbocycles. The standard InChI is InChI=1S/C24H33ClF2N2O/c1-17-5-4-7-23(2,3)21(17)6-10-29-11-8-24(27,9-12-29)16-28-22(30)18-13-19(25)15-20(26)14-18/h13-15H,4-12,16H2,1-3H3,(H,28,30). The largest absolute Gasteiger partial charge is 0.349 e. The number of hydrogen-bond donors (Lipinski definition) is 1. The molecule has 166 valence electrons. The number of allylic oxidation sites excluding steroid dienone is 1. The van der Waals surface area contributed by atoms with Crippen molar-refractivity contribution < 1.29 is 13.6 Å². The van der Waals surface area contributed by atoms with E-state index < -0.39 is 17.4 Å². The van der Waals surface area contributed by atoms with Gasteiger partial charge in [0, 0.05) is 30.2 Å². The average molecular weight is 439 g/mol. The van der Waals surface area contributed by atoms with E-state index in [2.05, 4.69) is 31.0 Å². The minimum absolute atomic E-state index is 0.0644. The summed E-state index contributed by atoms with van der Waals surface area (Å²) in [7, 11) is 0. The van der Waals surface area contributed by atoms with Gasteiger partial charge in [-0.15, -0.1) is 0 Å². The Morgan fingerprint density at radius 2 is 1.90 bits per heavy atom. The normalized spacial score (nSPS) is 21.5. The number of hydrogen-bond acceptors (Lipinski definition) is 2. The SMILES string of the molecule is CC1=C(CCN2CCC(F)(CNC(=O)c3cc(F)cc(Cl)c3)CC2)C(C)(C)CCC1. The van der Waals surface area contributed by atoms with Gasteiger partial charge in [-0.2, -0.15) is 0 Å². The van der Waals surface area contributed by atoms with Crippen LogP contribution in [-0.2, 0) is 0 Å². The number of rotatable bonds is 6.